The Morgan fingerprint density at radius 3 is 2.50 bits per heavy atom. The monoisotopic (exact) mass is 354 g/mol. The average molecular weight is 355 g/mol. The third kappa shape index (κ3) is 3.14. The predicted octanol–water partition coefficient (Wildman–Crippen LogP) is 2.78. The molecule has 4 nitrogen and oxygen atoms in total. The summed E-state index contributed by atoms with van der Waals surface area (Å²) in [7, 11) is -3.44. The molecule has 1 unspecified atom stereocenters. The first-order valence-electron chi connectivity index (χ1n) is 5.88. The van der Waals surface area contributed by atoms with Gasteiger partial charge in [-0.2, -0.15) is 4.31 Å². The van der Waals surface area contributed by atoms with Crippen LogP contribution in [0.1, 0.15) is 32.1 Å². The fourth-order valence-corrected chi connectivity index (χ4v) is 5.95. The fraction of sp³-hybridized carbons (Fsp3) is 0.636. The number of sulfonamides is 1. The molecule has 7 heteroatoms. The van der Waals surface area contributed by atoms with Crippen molar-refractivity contribution in [3.63, 3.8) is 0 Å². The summed E-state index contributed by atoms with van der Waals surface area (Å²) in [5.74, 6) is 0. The van der Waals surface area contributed by atoms with Crippen molar-refractivity contribution in [1.82, 2.24) is 4.31 Å². The summed E-state index contributed by atoms with van der Waals surface area (Å²) in [6.45, 7) is 6.58. The zero-order valence-corrected chi connectivity index (χ0v) is 14.0. The summed E-state index contributed by atoms with van der Waals surface area (Å²) in [5.41, 5.74) is 5.55. The first-order valence-corrected chi connectivity index (χ1v) is 8.93. The van der Waals surface area contributed by atoms with Gasteiger partial charge in [-0.15, -0.1) is 11.3 Å². The third-order valence-electron chi connectivity index (χ3n) is 2.89. The number of halogens is 1. The Morgan fingerprint density at radius 1 is 1.50 bits per heavy atom. The summed E-state index contributed by atoms with van der Waals surface area (Å²) in [6.07, 6.45) is 0.790. The second-order valence-electron chi connectivity index (χ2n) is 4.02. The normalized spacial score (nSPS) is 14.1. The van der Waals surface area contributed by atoms with Crippen LogP contribution in [0.4, 0.5) is 0 Å². The van der Waals surface area contributed by atoms with E-state index in [-0.39, 0.29) is 6.04 Å². The van der Waals surface area contributed by atoms with Crippen molar-refractivity contribution in [2.24, 2.45) is 5.73 Å². The molecule has 0 aliphatic carbocycles. The maximum atomic E-state index is 12.6. The number of nitrogens with zero attached hydrogens (tertiary/aromatic N) is 1. The summed E-state index contributed by atoms with van der Waals surface area (Å²) in [6, 6.07) is 1.66. The SMILES string of the molecule is CCC(C)N(CC)S(=O)(=O)c1cc(CN)sc1Br. The summed E-state index contributed by atoms with van der Waals surface area (Å²) >= 11 is 4.69. The van der Waals surface area contributed by atoms with Gasteiger partial charge in [-0.05, 0) is 35.3 Å². The largest absolute Gasteiger partial charge is 0.326 e. The second-order valence-corrected chi connectivity index (χ2v) is 8.33. The molecule has 0 radical (unpaired) electrons. The van der Waals surface area contributed by atoms with Gasteiger partial charge in [-0.25, -0.2) is 8.42 Å². The Bertz CT molecular complexity index is 499. The van der Waals surface area contributed by atoms with Gasteiger partial charge in [0, 0.05) is 24.0 Å². The molecule has 0 saturated carbocycles. The first kappa shape index (κ1) is 16.1. The lowest BCUT2D eigenvalue weighted by Crippen LogP contribution is -2.38. The lowest BCUT2D eigenvalue weighted by Gasteiger charge is -2.26. The molecule has 1 aromatic heterocycles. The molecule has 1 aromatic rings. The maximum Gasteiger partial charge on any atom is 0.245 e. The minimum Gasteiger partial charge on any atom is -0.326 e. The minimum atomic E-state index is -3.44. The van der Waals surface area contributed by atoms with E-state index in [1.165, 1.54) is 15.6 Å². The first-order chi connectivity index (χ1) is 8.38. The van der Waals surface area contributed by atoms with Gasteiger partial charge in [-0.3, -0.25) is 0 Å². The van der Waals surface area contributed by atoms with Gasteiger partial charge < -0.3 is 5.73 Å². The molecule has 0 amide bonds. The van der Waals surface area contributed by atoms with Crippen molar-refractivity contribution in [3.8, 4) is 0 Å². The van der Waals surface area contributed by atoms with Gasteiger partial charge in [0.05, 0.1) is 3.79 Å². The van der Waals surface area contributed by atoms with Crippen LogP contribution in [0.5, 0.6) is 0 Å². The van der Waals surface area contributed by atoms with Crippen LogP contribution < -0.4 is 5.73 Å². The topological polar surface area (TPSA) is 63.4 Å². The molecule has 0 fully saturated rings. The molecule has 1 atom stereocenters. The highest BCUT2D eigenvalue weighted by atomic mass is 79.9. The average Bonchev–Trinajstić information content (AvgIpc) is 2.71. The Morgan fingerprint density at radius 2 is 2.11 bits per heavy atom. The van der Waals surface area contributed by atoms with Crippen LogP contribution >= 0.6 is 27.3 Å². The summed E-state index contributed by atoms with van der Waals surface area (Å²) < 4.78 is 27.3. The van der Waals surface area contributed by atoms with E-state index >= 15 is 0 Å². The van der Waals surface area contributed by atoms with E-state index in [4.69, 9.17) is 5.73 Å². The zero-order chi connectivity index (χ0) is 13.9. The Balaban J connectivity index is 3.22. The second kappa shape index (κ2) is 6.47. The van der Waals surface area contributed by atoms with Gasteiger partial charge in [0.15, 0.2) is 0 Å². The molecule has 0 saturated heterocycles. The van der Waals surface area contributed by atoms with Crippen molar-refractivity contribution in [3.05, 3.63) is 14.7 Å². The van der Waals surface area contributed by atoms with Crippen LogP contribution in [0, 0.1) is 0 Å². The number of hydrogen-bond acceptors (Lipinski definition) is 4. The Kier molecular flexibility index (Phi) is 5.79. The van der Waals surface area contributed by atoms with Gasteiger partial charge >= 0.3 is 0 Å². The van der Waals surface area contributed by atoms with Gasteiger partial charge in [0.1, 0.15) is 4.90 Å². The smallest absolute Gasteiger partial charge is 0.245 e. The fourth-order valence-electron chi connectivity index (χ4n) is 1.72. The van der Waals surface area contributed by atoms with E-state index in [0.29, 0.717) is 21.8 Å². The highest BCUT2D eigenvalue weighted by molar-refractivity contribution is 9.11. The van der Waals surface area contributed by atoms with Gasteiger partial charge in [-0.1, -0.05) is 13.8 Å². The van der Waals surface area contributed by atoms with E-state index < -0.39 is 10.0 Å². The van der Waals surface area contributed by atoms with Gasteiger partial charge in [0.25, 0.3) is 0 Å². The highest BCUT2D eigenvalue weighted by Crippen LogP contribution is 2.34. The van der Waals surface area contributed by atoms with Crippen LogP contribution in [0.25, 0.3) is 0 Å². The van der Waals surface area contributed by atoms with Crippen LogP contribution in [0.2, 0.25) is 0 Å². The van der Waals surface area contributed by atoms with E-state index in [1.807, 2.05) is 20.8 Å². The number of hydrogen-bond donors (Lipinski definition) is 1. The van der Waals surface area contributed by atoms with Crippen molar-refractivity contribution >= 4 is 37.3 Å². The summed E-state index contributed by atoms with van der Waals surface area (Å²) in [5, 5.41) is 0. The zero-order valence-electron chi connectivity index (χ0n) is 10.8. The molecule has 18 heavy (non-hydrogen) atoms. The molecule has 104 valence electrons. The molecule has 0 aromatic carbocycles. The number of nitrogens with two attached hydrogens (primary N) is 1. The minimum absolute atomic E-state index is 0.00636. The number of thiophene rings is 1. The Labute approximate surface area is 121 Å². The van der Waals surface area contributed by atoms with Gasteiger partial charge in [0.2, 0.25) is 10.0 Å². The molecule has 0 aliphatic heterocycles. The van der Waals surface area contributed by atoms with Crippen LogP contribution in [-0.2, 0) is 16.6 Å². The highest BCUT2D eigenvalue weighted by Gasteiger charge is 2.29. The van der Waals surface area contributed by atoms with Crippen molar-refractivity contribution in [2.75, 3.05) is 6.54 Å². The standard InChI is InChI=1S/C11H19BrN2O2S2/c1-4-8(3)14(5-2)18(15,16)10-6-9(7-13)17-11(10)12/h6,8H,4-5,7,13H2,1-3H3. The van der Waals surface area contributed by atoms with E-state index in [9.17, 15) is 8.42 Å². The lowest BCUT2D eigenvalue weighted by molar-refractivity contribution is 0.342. The molecule has 0 spiro atoms. The molecular weight excluding hydrogens is 336 g/mol. The lowest BCUT2D eigenvalue weighted by atomic mass is 10.3. The van der Waals surface area contributed by atoms with Crippen molar-refractivity contribution in [1.29, 1.82) is 0 Å². The molecule has 1 rings (SSSR count). The van der Waals surface area contributed by atoms with Crippen LogP contribution in [0.3, 0.4) is 0 Å². The molecule has 0 bridgehead atoms. The van der Waals surface area contributed by atoms with E-state index in [1.54, 1.807) is 6.07 Å². The third-order valence-corrected chi connectivity index (χ3v) is 7.25. The molecular formula is C11H19BrN2O2S2. The van der Waals surface area contributed by atoms with Crippen molar-refractivity contribution in [2.45, 2.75) is 44.7 Å². The maximum absolute atomic E-state index is 12.6. The molecule has 2 N–H and O–H groups in total. The molecule has 1 heterocycles. The van der Waals surface area contributed by atoms with Crippen LogP contribution in [0.15, 0.2) is 14.7 Å². The van der Waals surface area contributed by atoms with Crippen molar-refractivity contribution < 1.29 is 8.42 Å². The number of rotatable bonds is 6. The summed E-state index contributed by atoms with van der Waals surface area (Å²) in [4.78, 5) is 1.19. The van der Waals surface area contributed by atoms with E-state index in [2.05, 4.69) is 15.9 Å². The quantitative estimate of drug-likeness (QED) is 0.854. The predicted molar refractivity (Wildman–Crippen MR) is 79.2 cm³/mol. The molecule has 0 aliphatic rings. The van der Waals surface area contributed by atoms with Crippen LogP contribution in [-0.4, -0.2) is 25.3 Å². The van der Waals surface area contributed by atoms with E-state index in [0.717, 1.165) is 11.3 Å². The Hall–Kier alpha value is 0.0500.